The first-order chi connectivity index (χ1) is 12.0. The van der Waals surface area contributed by atoms with Gasteiger partial charge >= 0.3 is 0 Å². The van der Waals surface area contributed by atoms with E-state index in [1.54, 1.807) is 13.1 Å². The second kappa shape index (κ2) is 7.53. The minimum absolute atomic E-state index is 0.0520. The zero-order valence-corrected chi connectivity index (χ0v) is 15.0. The molecule has 1 amide bonds. The summed E-state index contributed by atoms with van der Waals surface area (Å²) in [5.74, 6) is 0.500. The zero-order chi connectivity index (χ0) is 17.8. The number of hydrogen-bond donors (Lipinski definition) is 1. The van der Waals surface area contributed by atoms with Crippen LogP contribution in [0, 0.1) is 6.92 Å². The SMILES string of the molecule is Cc1cccc(NC(=O)CCSc2nc3ccccc3c(=O)n2C)c1. The van der Waals surface area contributed by atoms with E-state index in [4.69, 9.17) is 0 Å². The maximum atomic E-state index is 12.3. The third-order valence-electron chi connectivity index (χ3n) is 3.80. The summed E-state index contributed by atoms with van der Waals surface area (Å²) in [6.45, 7) is 1.98. The van der Waals surface area contributed by atoms with E-state index in [0.29, 0.717) is 28.2 Å². The number of hydrogen-bond acceptors (Lipinski definition) is 4. The Balaban J connectivity index is 1.64. The van der Waals surface area contributed by atoms with Crippen LogP contribution in [0.1, 0.15) is 12.0 Å². The molecule has 0 aliphatic carbocycles. The first-order valence-corrected chi connectivity index (χ1v) is 8.98. The van der Waals surface area contributed by atoms with Gasteiger partial charge in [-0.1, -0.05) is 36.0 Å². The quantitative estimate of drug-likeness (QED) is 0.564. The van der Waals surface area contributed by atoms with Gasteiger partial charge in [-0.3, -0.25) is 14.2 Å². The van der Waals surface area contributed by atoms with Crippen LogP contribution in [0.4, 0.5) is 5.69 Å². The van der Waals surface area contributed by atoms with E-state index in [0.717, 1.165) is 11.3 Å². The Hall–Kier alpha value is -2.60. The summed E-state index contributed by atoms with van der Waals surface area (Å²) < 4.78 is 1.53. The van der Waals surface area contributed by atoms with Crippen LogP contribution in [-0.4, -0.2) is 21.2 Å². The van der Waals surface area contributed by atoms with Crippen molar-refractivity contribution in [3.8, 4) is 0 Å². The average Bonchev–Trinajstić information content (AvgIpc) is 2.59. The van der Waals surface area contributed by atoms with Crippen molar-refractivity contribution in [2.45, 2.75) is 18.5 Å². The largest absolute Gasteiger partial charge is 0.326 e. The number of fused-ring (bicyclic) bond motifs is 1. The van der Waals surface area contributed by atoms with Crippen molar-refractivity contribution in [3.05, 3.63) is 64.4 Å². The second-order valence-electron chi connectivity index (χ2n) is 5.79. The van der Waals surface area contributed by atoms with Crippen molar-refractivity contribution in [1.29, 1.82) is 0 Å². The molecule has 1 aromatic heterocycles. The minimum Gasteiger partial charge on any atom is -0.326 e. The van der Waals surface area contributed by atoms with Gasteiger partial charge < -0.3 is 5.32 Å². The Morgan fingerprint density at radius 1 is 1.20 bits per heavy atom. The summed E-state index contributed by atoms with van der Waals surface area (Å²) in [5.41, 5.74) is 2.50. The number of anilines is 1. The number of aryl methyl sites for hydroxylation is 1. The molecular weight excluding hydrogens is 334 g/mol. The summed E-state index contributed by atoms with van der Waals surface area (Å²) in [7, 11) is 1.71. The van der Waals surface area contributed by atoms with Crippen molar-refractivity contribution in [1.82, 2.24) is 9.55 Å². The summed E-state index contributed by atoms with van der Waals surface area (Å²) >= 11 is 1.41. The van der Waals surface area contributed by atoms with Gasteiger partial charge in [-0.25, -0.2) is 4.98 Å². The Morgan fingerprint density at radius 2 is 2.00 bits per heavy atom. The van der Waals surface area contributed by atoms with E-state index >= 15 is 0 Å². The lowest BCUT2D eigenvalue weighted by Gasteiger charge is -2.09. The first kappa shape index (κ1) is 17.2. The predicted octanol–water partition coefficient (Wildman–Crippen LogP) is 3.36. The van der Waals surface area contributed by atoms with Gasteiger partial charge in [-0.2, -0.15) is 0 Å². The fourth-order valence-electron chi connectivity index (χ4n) is 2.51. The van der Waals surface area contributed by atoms with Gasteiger partial charge in [0.25, 0.3) is 5.56 Å². The summed E-state index contributed by atoms with van der Waals surface area (Å²) in [4.78, 5) is 28.9. The molecule has 3 aromatic rings. The Kier molecular flexibility index (Phi) is 5.19. The fourth-order valence-corrected chi connectivity index (χ4v) is 3.42. The lowest BCUT2D eigenvalue weighted by atomic mass is 10.2. The molecule has 5 nitrogen and oxygen atoms in total. The van der Waals surface area contributed by atoms with Crippen LogP contribution < -0.4 is 10.9 Å². The number of para-hydroxylation sites is 1. The van der Waals surface area contributed by atoms with Crippen LogP contribution >= 0.6 is 11.8 Å². The Bertz CT molecular complexity index is 982. The summed E-state index contributed by atoms with van der Waals surface area (Å²) in [5, 5.41) is 4.10. The summed E-state index contributed by atoms with van der Waals surface area (Å²) in [6.07, 6.45) is 0.349. The smallest absolute Gasteiger partial charge is 0.261 e. The van der Waals surface area contributed by atoms with E-state index in [9.17, 15) is 9.59 Å². The average molecular weight is 353 g/mol. The molecule has 3 rings (SSSR count). The number of carbonyl (C=O) groups excluding carboxylic acids is 1. The Morgan fingerprint density at radius 3 is 2.80 bits per heavy atom. The number of benzene rings is 2. The van der Waals surface area contributed by atoms with Crippen molar-refractivity contribution in [2.75, 3.05) is 11.1 Å². The number of nitrogens with one attached hydrogen (secondary N) is 1. The maximum Gasteiger partial charge on any atom is 0.261 e. The predicted molar refractivity (Wildman–Crippen MR) is 102 cm³/mol. The highest BCUT2D eigenvalue weighted by Gasteiger charge is 2.09. The third-order valence-corrected chi connectivity index (χ3v) is 4.84. The lowest BCUT2D eigenvalue weighted by Crippen LogP contribution is -2.20. The molecular formula is C19H19N3O2S. The maximum absolute atomic E-state index is 12.3. The van der Waals surface area contributed by atoms with Gasteiger partial charge in [0.2, 0.25) is 5.91 Å². The number of carbonyl (C=O) groups is 1. The van der Waals surface area contributed by atoms with Gasteiger partial charge in [0, 0.05) is 24.9 Å². The van der Waals surface area contributed by atoms with Crippen LogP contribution in [-0.2, 0) is 11.8 Å². The third kappa shape index (κ3) is 4.09. The monoisotopic (exact) mass is 353 g/mol. The second-order valence-corrected chi connectivity index (χ2v) is 6.85. The summed E-state index contributed by atoms with van der Waals surface area (Å²) in [6, 6.07) is 15.0. The normalized spacial score (nSPS) is 10.8. The number of thioether (sulfide) groups is 1. The molecule has 0 aliphatic rings. The Labute approximate surface area is 150 Å². The van der Waals surface area contributed by atoms with Crippen LogP contribution in [0.3, 0.4) is 0 Å². The highest BCUT2D eigenvalue weighted by atomic mass is 32.2. The molecule has 128 valence electrons. The van der Waals surface area contributed by atoms with Crippen LogP contribution in [0.25, 0.3) is 10.9 Å². The number of rotatable bonds is 5. The standard InChI is InChI=1S/C19H19N3O2S/c1-13-6-5-7-14(12-13)20-17(23)10-11-25-19-21-16-9-4-3-8-15(16)18(24)22(19)2/h3-9,12H,10-11H2,1-2H3,(H,20,23). The van der Waals surface area contributed by atoms with E-state index < -0.39 is 0 Å². The van der Waals surface area contributed by atoms with Gasteiger partial charge in [0.15, 0.2) is 5.16 Å². The van der Waals surface area contributed by atoms with Gasteiger partial charge in [-0.15, -0.1) is 0 Å². The topological polar surface area (TPSA) is 64.0 Å². The van der Waals surface area contributed by atoms with Crippen molar-refractivity contribution in [2.24, 2.45) is 7.05 Å². The van der Waals surface area contributed by atoms with Gasteiger partial charge in [0.05, 0.1) is 10.9 Å². The molecule has 0 saturated carbocycles. The molecule has 0 unspecified atom stereocenters. The molecule has 0 aliphatic heterocycles. The number of amides is 1. The fraction of sp³-hybridized carbons (Fsp3) is 0.211. The molecule has 1 heterocycles. The molecule has 1 N–H and O–H groups in total. The molecule has 0 radical (unpaired) electrons. The molecule has 0 saturated heterocycles. The molecule has 0 fully saturated rings. The lowest BCUT2D eigenvalue weighted by molar-refractivity contribution is -0.115. The highest BCUT2D eigenvalue weighted by Crippen LogP contribution is 2.18. The van der Waals surface area contributed by atoms with Crippen LogP contribution in [0.2, 0.25) is 0 Å². The molecule has 0 atom stereocenters. The van der Waals surface area contributed by atoms with E-state index in [1.807, 2.05) is 49.4 Å². The van der Waals surface area contributed by atoms with E-state index in [2.05, 4.69) is 10.3 Å². The van der Waals surface area contributed by atoms with E-state index in [-0.39, 0.29) is 11.5 Å². The van der Waals surface area contributed by atoms with Crippen LogP contribution in [0.5, 0.6) is 0 Å². The molecule has 0 spiro atoms. The molecule has 2 aromatic carbocycles. The zero-order valence-electron chi connectivity index (χ0n) is 14.2. The first-order valence-electron chi connectivity index (χ1n) is 7.99. The van der Waals surface area contributed by atoms with Crippen molar-refractivity contribution >= 4 is 34.3 Å². The van der Waals surface area contributed by atoms with E-state index in [1.165, 1.54) is 16.3 Å². The number of nitrogens with zero attached hydrogens (tertiary/aromatic N) is 2. The number of aromatic nitrogens is 2. The van der Waals surface area contributed by atoms with Gasteiger partial charge in [-0.05, 0) is 36.8 Å². The van der Waals surface area contributed by atoms with Crippen molar-refractivity contribution < 1.29 is 4.79 Å². The minimum atomic E-state index is -0.0719. The molecule has 0 bridgehead atoms. The van der Waals surface area contributed by atoms with Crippen LogP contribution in [0.15, 0.2) is 58.5 Å². The van der Waals surface area contributed by atoms with Gasteiger partial charge in [0.1, 0.15) is 0 Å². The highest BCUT2D eigenvalue weighted by molar-refractivity contribution is 7.99. The van der Waals surface area contributed by atoms with Crippen molar-refractivity contribution in [3.63, 3.8) is 0 Å². The molecule has 6 heteroatoms. The molecule has 25 heavy (non-hydrogen) atoms.